The van der Waals surface area contributed by atoms with E-state index >= 15 is 0 Å². The lowest BCUT2D eigenvalue weighted by Gasteiger charge is -2.02. The number of amides is 1. The number of benzene rings is 1. The fourth-order valence-electron chi connectivity index (χ4n) is 1.89. The van der Waals surface area contributed by atoms with Gasteiger partial charge in [-0.3, -0.25) is 10.1 Å². The minimum atomic E-state index is -0.313. The Labute approximate surface area is 132 Å². The predicted molar refractivity (Wildman–Crippen MR) is 84.0 cm³/mol. The van der Waals surface area contributed by atoms with Gasteiger partial charge >= 0.3 is 6.01 Å². The quantitative estimate of drug-likeness (QED) is 0.707. The number of thiol groups is 1. The summed E-state index contributed by atoms with van der Waals surface area (Å²) in [7, 11) is 0. The van der Waals surface area contributed by atoms with Crippen molar-refractivity contribution in [2.75, 3.05) is 11.1 Å². The average molecular weight is 315 g/mol. The number of aryl methyl sites for hydroxylation is 1. The van der Waals surface area contributed by atoms with Gasteiger partial charge in [0, 0.05) is 5.56 Å². The van der Waals surface area contributed by atoms with Crippen LogP contribution in [0, 0.1) is 0 Å². The first kappa shape index (κ1) is 14.4. The first-order valence-electron chi connectivity index (χ1n) is 6.65. The zero-order chi connectivity index (χ0) is 15.4. The number of hydrogen-bond donors (Lipinski definition) is 2. The van der Waals surface area contributed by atoms with Gasteiger partial charge in [-0.05, 0) is 42.0 Å². The van der Waals surface area contributed by atoms with Crippen LogP contribution in [0.25, 0.3) is 11.7 Å². The van der Waals surface area contributed by atoms with Crippen molar-refractivity contribution in [1.29, 1.82) is 0 Å². The summed E-state index contributed by atoms with van der Waals surface area (Å²) >= 11 is 4.18. The van der Waals surface area contributed by atoms with Crippen molar-refractivity contribution in [3.8, 4) is 11.7 Å². The van der Waals surface area contributed by atoms with Crippen LogP contribution < -0.4 is 5.32 Å². The van der Waals surface area contributed by atoms with Crippen LogP contribution in [-0.2, 0) is 6.42 Å². The maximum atomic E-state index is 12.1. The van der Waals surface area contributed by atoms with Crippen LogP contribution >= 0.6 is 12.6 Å². The monoisotopic (exact) mass is 315 g/mol. The van der Waals surface area contributed by atoms with E-state index in [1.165, 1.54) is 6.26 Å². The summed E-state index contributed by atoms with van der Waals surface area (Å²) in [6, 6.07) is 10.7. The van der Waals surface area contributed by atoms with E-state index in [-0.39, 0.29) is 17.8 Å². The number of carbonyl (C=O) groups is 1. The maximum absolute atomic E-state index is 12.1. The van der Waals surface area contributed by atoms with E-state index in [0.29, 0.717) is 11.3 Å². The largest absolute Gasteiger partial charge is 0.459 e. The van der Waals surface area contributed by atoms with E-state index in [9.17, 15) is 4.79 Å². The molecule has 6 nitrogen and oxygen atoms in total. The molecule has 7 heteroatoms. The molecule has 0 spiro atoms. The molecule has 112 valence electrons. The fraction of sp³-hybridized carbons (Fsp3) is 0.133. The molecule has 2 aromatic heterocycles. The molecule has 22 heavy (non-hydrogen) atoms. The molecule has 1 aromatic carbocycles. The third kappa shape index (κ3) is 3.20. The van der Waals surface area contributed by atoms with Crippen LogP contribution in [-0.4, -0.2) is 21.9 Å². The summed E-state index contributed by atoms with van der Waals surface area (Å²) in [6.07, 6.45) is 2.37. The second-order valence-electron chi connectivity index (χ2n) is 4.51. The Bertz CT molecular complexity index is 751. The van der Waals surface area contributed by atoms with Crippen LogP contribution in [0.5, 0.6) is 0 Å². The molecule has 0 unspecified atom stereocenters. The maximum Gasteiger partial charge on any atom is 0.322 e. The highest BCUT2D eigenvalue weighted by Gasteiger charge is 2.14. The number of nitrogens with one attached hydrogen (secondary N) is 1. The molecular formula is C15H13N3O3S. The molecule has 2 heterocycles. The van der Waals surface area contributed by atoms with Crippen molar-refractivity contribution in [3.63, 3.8) is 0 Å². The zero-order valence-corrected chi connectivity index (χ0v) is 12.4. The molecule has 3 aromatic rings. The number of hydrogen-bond acceptors (Lipinski definition) is 6. The van der Waals surface area contributed by atoms with E-state index in [1.807, 2.05) is 12.1 Å². The van der Waals surface area contributed by atoms with Crippen molar-refractivity contribution in [3.05, 3.63) is 53.8 Å². The van der Waals surface area contributed by atoms with E-state index < -0.39 is 0 Å². The highest BCUT2D eigenvalue weighted by molar-refractivity contribution is 7.80. The topological polar surface area (TPSA) is 81.2 Å². The van der Waals surface area contributed by atoms with E-state index in [0.717, 1.165) is 17.7 Å². The number of aromatic nitrogens is 2. The number of carbonyl (C=O) groups excluding carboxylic acids is 1. The standard InChI is InChI=1S/C15H13N3O3S/c19-13(11-5-3-10(4-6-11)7-9-22)16-15-18-17-14(21-15)12-2-1-8-20-12/h1-6,8,22H,7,9H2,(H,16,18,19). The zero-order valence-electron chi connectivity index (χ0n) is 11.5. The minimum absolute atomic E-state index is 0.0239. The summed E-state index contributed by atoms with van der Waals surface area (Å²) < 4.78 is 10.5. The van der Waals surface area contributed by atoms with Crippen molar-refractivity contribution < 1.29 is 13.6 Å². The Morgan fingerprint density at radius 2 is 2.00 bits per heavy atom. The van der Waals surface area contributed by atoms with Gasteiger partial charge in [0.05, 0.1) is 6.26 Å². The normalized spacial score (nSPS) is 10.6. The van der Waals surface area contributed by atoms with Gasteiger partial charge in [0.1, 0.15) is 0 Å². The molecule has 0 aliphatic heterocycles. The van der Waals surface area contributed by atoms with Gasteiger partial charge in [0.15, 0.2) is 5.76 Å². The predicted octanol–water partition coefficient (Wildman–Crippen LogP) is 3.05. The van der Waals surface area contributed by atoms with Crippen LogP contribution in [0.15, 0.2) is 51.5 Å². The average Bonchev–Trinajstić information content (AvgIpc) is 3.19. The molecule has 0 saturated heterocycles. The Balaban J connectivity index is 1.69. The molecule has 1 amide bonds. The summed E-state index contributed by atoms with van der Waals surface area (Å²) in [5.74, 6) is 1.11. The van der Waals surface area contributed by atoms with Crippen molar-refractivity contribution >= 4 is 24.6 Å². The van der Waals surface area contributed by atoms with E-state index in [1.54, 1.807) is 24.3 Å². The Morgan fingerprint density at radius 3 is 2.68 bits per heavy atom. The fourth-order valence-corrected chi connectivity index (χ4v) is 2.15. The van der Waals surface area contributed by atoms with Gasteiger partial charge in [0.25, 0.3) is 11.8 Å². The summed E-state index contributed by atoms with van der Waals surface area (Å²) in [6.45, 7) is 0. The van der Waals surface area contributed by atoms with Crippen LogP contribution in [0.2, 0.25) is 0 Å². The molecule has 0 radical (unpaired) electrons. The molecule has 0 saturated carbocycles. The van der Waals surface area contributed by atoms with Crippen LogP contribution in [0.4, 0.5) is 6.01 Å². The number of rotatable bonds is 5. The molecular weight excluding hydrogens is 302 g/mol. The third-order valence-corrected chi connectivity index (χ3v) is 3.22. The molecule has 3 rings (SSSR count). The van der Waals surface area contributed by atoms with Crippen molar-refractivity contribution in [2.24, 2.45) is 0 Å². The highest BCUT2D eigenvalue weighted by atomic mass is 32.1. The lowest BCUT2D eigenvalue weighted by molar-refractivity contribution is 0.102. The molecule has 1 N–H and O–H groups in total. The summed E-state index contributed by atoms with van der Waals surface area (Å²) in [5.41, 5.74) is 1.64. The lowest BCUT2D eigenvalue weighted by Crippen LogP contribution is -2.12. The SMILES string of the molecule is O=C(Nc1nnc(-c2ccco2)o1)c1ccc(CCS)cc1. The van der Waals surface area contributed by atoms with Crippen molar-refractivity contribution in [1.82, 2.24) is 10.2 Å². The van der Waals surface area contributed by atoms with Gasteiger partial charge in [-0.15, -0.1) is 5.10 Å². The number of nitrogens with zero attached hydrogens (tertiary/aromatic N) is 2. The third-order valence-electron chi connectivity index (χ3n) is 2.99. The Morgan fingerprint density at radius 1 is 1.18 bits per heavy atom. The van der Waals surface area contributed by atoms with E-state index in [2.05, 4.69) is 28.1 Å². The van der Waals surface area contributed by atoms with E-state index in [4.69, 9.17) is 8.83 Å². The highest BCUT2D eigenvalue weighted by Crippen LogP contribution is 2.20. The first-order chi connectivity index (χ1) is 10.8. The molecule has 0 aliphatic carbocycles. The van der Waals surface area contributed by atoms with Crippen LogP contribution in [0.3, 0.4) is 0 Å². The number of anilines is 1. The molecule has 0 aliphatic rings. The van der Waals surface area contributed by atoms with Gasteiger partial charge in [0.2, 0.25) is 0 Å². The van der Waals surface area contributed by atoms with Gasteiger partial charge in [-0.2, -0.15) is 12.6 Å². The lowest BCUT2D eigenvalue weighted by atomic mass is 10.1. The first-order valence-corrected chi connectivity index (χ1v) is 7.28. The molecule has 0 bridgehead atoms. The second kappa shape index (κ2) is 6.48. The number of furan rings is 1. The smallest absolute Gasteiger partial charge is 0.322 e. The van der Waals surface area contributed by atoms with Crippen LogP contribution in [0.1, 0.15) is 15.9 Å². The molecule has 0 atom stereocenters. The summed E-state index contributed by atoms with van der Waals surface area (Å²) in [5, 5.41) is 10.1. The summed E-state index contributed by atoms with van der Waals surface area (Å²) in [4.78, 5) is 12.1. The van der Waals surface area contributed by atoms with Gasteiger partial charge in [-0.25, -0.2) is 0 Å². The minimum Gasteiger partial charge on any atom is -0.459 e. The molecule has 0 fully saturated rings. The van der Waals surface area contributed by atoms with Gasteiger partial charge in [-0.1, -0.05) is 17.2 Å². The Kier molecular flexibility index (Phi) is 4.24. The Hall–Kier alpha value is -2.54. The second-order valence-corrected chi connectivity index (χ2v) is 4.96. The van der Waals surface area contributed by atoms with Crippen molar-refractivity contribution in [2.45, 2.75) is 6.42 Å². The van der Waals surface area contributed by atoms with Gasteiger partial charge < -0.3 is 8.83 Å².